The molecule has 6 heteroatoms. The molecule has 0 saturated carbocycles. The summed E-state index contributed by atoms with van der Waals surface area (Å²) in [6.07, 6.45) is 1.97. The minimum Gasteiger partial charge on any atom is -0.493 e. The molecular weight excluding hydrogens is 476 g/mol. The van der Waals surface area contributed by atoms with Gasteiger partial charge in [0, 0.05) is 23.3 Å². The molecular formula is C32H34N2O4. The molecule has 2 aliphatic rings. The van der Waals surface area contributed by atoms with E-state index in [1.165, 1.54) is 0 Å². The van der Waals surface area contributed by atoms with Gasteiger partial charge < -0.3 is 14.8 Å². The van der Waals surface area contributed by atoms with Crippen LogP contribution in [0.15, 0.2) is 84.1 Å². The number of amides is 1. The number of nitrogens with one attached hydrogen (secondary N) is 1. The minimum absolute atomic E-state index is 0.0395. The zero-order chi connectivity index (χ0) is 26.9. The molecule has 3 aromatic carbocycles. The molecule has 196 valence electrons. The number of rotatable bonds is 6. The quantitative estimate of drug-likeness (QED) is 0.389. The van der Waals surface area contributed by atoms with Gasteiger partial charge in [-0.05, 0) is 60.2 Å². The van der Waals surface area contributed by atoms with Gasteiger partial charge in [0.05, 0.1) is 31.1 Å². The Morgan fingerprint density at radius 1 is 1.00 bits per heavy atom. The third-order valence-corrected chi connectivity index (χ3v) is 7.11. The van der Waals surface area contributed by atoms with E-state index >= 15 is 0 Å². The van der Waals surface area contributed by atoms with Gasteiger partial charge >= 0.3 is 0 Å². The Hall–Kier alpha value is -4.06. The summed E-state index contributed by atoms with van der Waals surface area (Å²) in [4.78, 5) is 29.9. The summed E-state index contributed by atoms with van der Waals surface area (Å²) in [6, 6.07) is 22.0. The number of methoxy groups -OCH3 is 1. The number of carbonyl (C=O) groups excluding carboxylic acids is 2. The number of anilines is 2. The Morgan fingerprint density at radius 3 is 2.47 bits per heavy atom. The van der Waals surface area contributed by atoms with E-state index in [9.17, 15) is 9.59 Å². The van der Waals surface area contributed by atoms with Gasteiger partial charge in [0.1, 0.15) is 0 Å². The van der Waals surface area contributed by atoms with Gasteiger partial charge in [0.2, 0.25) is 0 Å². The van der Waals surface area contributed by atoms with Crippen LogP contribution in [0.3, 0.4) is 0 Å². The van der Waals surface area contributed by atoms with Gasteiger partial charge in [-0.1, -0.05) is 57.2 Å². The molecule has 1 aliphatic heterocycles. The smallest absolute Gasteiger partial charge is 0.259 e. The van der Waals surface area contributed by atoms with E-state index < -0.39 is 6.04 Å². The van der Waals surface area contributed by atoms with Crippen molar-refractivity contribution in [3.63, 3.8) is 0 Å². The predicted molar refractivity (Wildman–Crippen MR) is 150 cm³/mol. The summed E-state index contributed by atoms with van der Waals surface area (Å²) < 4.78 is 11.6. The van der Waals surface area contributed by atoms with Gasteiger partial charge in [-0.25, -0.2) is 0 Å². The number of nitrogens with zero attached hydrogens (tertiary/aromatic N) is 1. The van der Waals surface area contributed by atoms with Gasteiger partial charge in [-0.3, -0.25) is 14.5 Å². The molecule has 38 heavy (non-hydrogen) atoms. The van der Waals surface area contributed by atoms with Crippen molar-refractivity contribution < 1.29 is 19.1 Å². The maximum atomic E-state index is 14.3. The van der Waals surface area contributed by atoms with Crippen molar-refractivity contribution in [3.8, 4) is 11.5 Å². The fourth-order valence-electron chi connectivity index (χ4n) is 5.43. The average Bonchev–Trinajstić information content (AvgIpc) is 3.05. The second kappa shape index (κ2) is 10.4. The Balaban J connectivity index is 1.76. The molecule has 1 atom stereocenters. The topological polar surface area (TPSA) is 67.9 Å². The van der Waals surface area contributed by atoms with Crippen LogP contribution in [0.1, 0.15) is 62.0 Å². The summed E-state index contributed by atoms with van der Waals surface area (Å²) in [5, 5.41) is 3.56. The van der Waals surface area contributed by atoms with E-state index in [4.69, 9.17) is 9.47 Å². The van der Waals surface area contributed by atoms with Crippen LogP contribution >= 0.6 is 0 Å². The number of benzene rings is 3. The summed E-state index contributed by atoms with van der Waals surface area (Å²) >= 11 is 0. The second-order valence-corrected chi connectivity index (χ2v) is 10.7. The highest BCUT2D eigenvalue weighted by Crippen LogP contribution is 2.49. The van der Waals surface area contributed by atoms with Crippen LogP contribution in [0.4, 0.5) is 11.4 Å². The lowest BCUT2D eigenvalue weighted by Crippen LogP contribution is -2.39. The zero-order valence-electron chi connectivity index (χ0n) is 22.4. The number of hydrogen-bond acceptors (Lipinski definition) is 5. The Kier molecular flexibility index (Phi) is 6.98. The van der Waals surface area contributed by atoms with Crippen LogP contribution in [-0.4, -0.2) is 25.4 Å². The fourth-order valence-corrected chi connectivity index (χ4v) is 5.43. The zero-order valence-corrected chi connectivity index (χ0v) is 22.4. The second-order valence-electron chi connectivity index (χ2n) is 10.7. The van der Waals surface area contributed by atoms with E-state index in [0.717, 1.165) is 29.1 Å². The minimum atomic E-state index is -0.647. The van der Waals surface area contributed by atoms with Crippen LogP contribution in [0, 0.1) is 5.41 Å². The molecule has 0 fully saturated rings. The molecule has 6 nitrogen and oxygen atoms in total. The maximum Gasteiger partial charge on any atom is 0.259 e. The predicted octanol–water partition coefficient (Wildman–Crippen LogP) is 6.94. The van der Waals surface area contributed by atoms with Crippen LogP contribution in [0.2, 0.25) is 0 Å². The number of ketones is 1. The lowest BCUT2D eigenvalue weighted by Gasteiger charge is -2.37. The molecule has 0 aromatic heterocycles. The number of Topliss-reactive ketones (excluding diaryl/α,β-unsaturated/α-hetero) is 1. The number of allylic oxidation sites excluding steroid dienone is 1. The lowest BCUT2D eigenvalue weighted by molar-refractivity contribution is -0.118. The van der Waals surface area contributed by atoms with Crippen molar-refractivity contribution >= 4 is 23.1 Å². The van der Waals surface area contributed by atoms with Crippen molar-refractivity contribution in [1.82, 2.24) is 0 Å². The van der Waals surface area contributed by atoms with Gasteiger partial charge in [-0.15, -0.1) is 0 Å². The third kappa shape index (κ3) is 4.78. The van der Waals surface area contributed by atoms with E-state index in [2.05, 4.69) is 19.2 Å². The summed E-state index contributed by atoms with van der Waals surface area (Å²) in [5.41, 5.74) is 4.13. The van der Waals surface area contributed by atoms with Crippen molar-refractivity contribution in [2.75, 3.05) is 23.9 Å². The largest absolute Gasteiger partial charge is 0.493 e. The van der Waals surface area contributed by atoms with Gasteiger partial charge in [-0.2, -0.15) is 0 Å². The molecule has 0 radical (unpaired) electrons. The van der Waals surface area contributed by atoms with Crippen molar-refractivity contribution in [3.05, 3.63) is 95.2 Å². The highest BCUT2D eigenvalue weighted by molar-refractivity contribution is 6.12. The number of ether oxygens (including phenoxy) is 2. The average molecular weight is 511 g/mol. The van der Waals surface area contributed by atoms with E-state index in [-0.39, 0.29) is 17.1 Å². The lowest BCUT2D eigenvalue weighted by atomic mass is 9.73. The first kappa shape index (κ1) is 25.6. The van der Waals surface area contributed by atoms with E-state index in [0.29, 0.717) is 42.1 Å². The number of hydrogen-bond donors (Lipinski definition) is 1. The summed E-state index contributed by atoms with van der Waals surface area (Å²) in [5.74, 6) is 1.06. The summed E-state index contributed by atoms with van der Waals surface area (Å²) in [7, 11) is 1.60. The fraction of sp³-hybridized carbons (Fsp3) is 0.312. The molecule has 5 rings (SSSR count). The van der Waals surface area contributed by atoms with Crippen molar-refractivity contribution in [2.45, 2.75) is 46.1 Å². The highest BCUT2D eigenvalue weighted by atomic mass is 16.5. The van der Waals surface area contributed by atoms with Crippen molar-refractivity contribution in [1.29, 1.82) is 0 Å². The van der Waals surface area contributed by atoms with E-state index in [1.54, 1.807) is 12.0 Å². The van der Waals surface area contributed by atoms with Gasteiger partial charge in [0.25, 0.3) is 5.91 Å². The molecule has 1 aliphatic carbocycles. The number of para-hydroxylation sites is 2. The molecule has 0 saturated heterocycles. The normalized spacial score (nSPS) is 18.2. The van der Waals surface area contributed by atoms with E-state index in [1.807, 2.05) is 79.7 Å². The molecule has 0 spiro atoms. The maximum absolute atomic E-state index is 14.3. The SMILES string of the molecule is CCCOc1ccc([C@@H]2C3=C(CC(C)(C)CC3=O)Nc3ccccc3N2C(=O)c2ccccc2)cc1OC. The molecule has 3 aromatic rings. The number of carbonyl (C=O) groups is 2. The first-order chi connectivity index (χ1) is 18.3. The Morgan fingerprint density at radius 2 is 1.74 bits per heavy atom. The monoisotopic (exact) mass is 510 g/mol. The van der Waals surface area contributed by atoms with Crippen LogP contribution < -0.4 is 19.7 Å². The Labute approximate surface area is 224 Å². The highest BCUT2D eigenvalue weighted by Gasteiger charge is 2.43. The Bertz CT molecular complexity index is 1390. The molecule has 1 amide bonds. The molecule has 1 heterocycles. The van der Waals surface area contributed by atoms with Gasteiger partial charge in [0.15, 0.2) is 17.3 Å². The first-order valence-corrected chi connectivity index (χ1v) is 13.1. The number of fused-ring (bicyclic) bond motifs is 1. The molecule has 1 N–H and O–H groups in total. The third-order valence-electron chi connectivity index (χ3n) is 7.11. The first-order valence-electron chi connectivity index (χ1n) is 13.1. The van der Waals surface area contributed by atoms with Crippen LogP contribution in [0.5, 0.6) is 11.5 Å². The molecule has 0 bridgehead atoms. The van der Waals surface area contributed by atoms with Crippen LogP contribution in [-0.2, 0) is 4.79 Å². The molecule has 0 unspecified atom stereocenters. The summed E-state index contributed by atoms with van der Waals surface area (Å²) in [6.45, 7) is 6.84. The standard InChI is InChI=1S/C32H34N2O4/c1-5-17-38-27-16-15-22(18-28(27)37-4)30-29-24(19-32(2,3)20-26(29)35)33-23-13-9-10-14-25(23)34(30)31(36)21-11-7-6-8-12-21/h6-16,18,30,33H,5,17,19-20H2,1-4H3/t30-/m1/s1. The van der Waals surface area contributed by atoms with Crippen molar-refractivity contribution in [2.24, 2.45) is 5.41 Å². The van der Waals surface area contributed by atoms with Crippen LogP contribution in [0.25, 0.3) is 0 Å².